The summed E-state index contributed by atoms with van der Waals surface area (Å²) in [5.74, 6) is -1.18. The summed E-state index contributed by atoms with van der Waals surface area (Å²) in [6.45, 7) is -0.602. The number of alkyl halides is 3. The van der Waals surface area contributed by atoms with Gasteiger partial charge in [0.1, 0.15) is 5.75 Å². The molecule has 3 aromatic carbocycles. The third-order valence-electron chi connectivity index (χ3n) is 4.08. The van der Waals surface area contributed by atoms with Crippen LogP contribution in [0.1, 0.15) is 15.9 Å². The van der Waals surface area contributed by atoms with Crippen LogP contribution in [-0.2, 0) is 11.0 Å². The molecule has 0 saturated carbocycles. The van der Waals surface area contributed by atoms with Gasteiger partial charge in [0.15, 0.2) is 6.61 Å². The number of nitrogens with one attached hydrogen (secondary N) is 2. The number of carbonyl (C=O) groups excluding carboxylic acids is 2. The summed E-state index contributed by atoms with van der Waals surface area (Å²) >= 11 is 5.63. The fourth-order valence-electron chi connectivity index (χ4n) is 2.69. The van der Waals surface area contributed by atoms with Crippen molar-refractivity contribution >= 4 is 34.8 Å². The highest BCUT2D eigenvalue weighted by Gasteiger charge is 2.34. The molecule has 3 rings (SSSR count). The molecule has 0 heterocycles. The zero-order chi connectivity index (χ0) is 22.4. The second-order valence-electron chi connectivity index (χ2n) is 6.34. The van der Waals surface area contributed by atoms with Crippen molar-refractivity contribution in [3.63, 3.8) is 0 Å². The van der Waals surface area contributed by atoms with E-state index in [4.69, 9.17) is 16.3 Å². The largest absolute Gasteiger partial charge is 0.483 e. The van der Waals surface area contributed by atoms with Gasteiger partial charge >= 0.3 is 6.18 Å². The Balaban J connectivity index is 1.69. The Labute approximate surface area is 180 Å². The minimum Gasteiger partial charge on any atom is -0.483 e. The van der Waals surface area contributed by atoms with Crippen LogP contribution in [0, 0.1) is 0 Å². The van der Waals surface area contributed by atoms with Crippen LogP contribution in [0.4, 0.5) is 24.5 Å². The first-order valence-corrected chi connectivity index (χ1v) is 9.36. The summed E-state index contributed by atoms with van der Waals surface area (Å²) in [6, 6.07) is 18.0. The molecule has 0 fully saturated rings. The van der Waals surface area contributed by atoms with Gasteiger partial charge in [-0.15, -0.1) is 0 Å². The predicted octanol–water partition coefficient (Wildman–Crippen LogP) is 5.63. The van der Waals surface area contributed by atoms with Crippen LogP contribution in [0.3, 0.4) is 0 Å². The zero-order valence-corrected chi connectivity index (χ0v) is 16.6. The molecule has 0 bridgehead atoms. The molecule has 0 unspecified atom stereocenters. The quantitative estimate of drug-likeness (QED) is 0.513. The fourth-order valence-corrected chi connectivity index (χ4v) is 2.86. The monoisotopic (exact) mass is 448 g/mol. The first kappa shape index (κ1) is 22.2. The van der Waals surface area contributed by atoms with E-state index in [1.807, 2.05) is 0 Å². The number of hydrogen-bond acceptors (Lipinski definition) is 3. The molecule has 0 aliphatic heterocycles. The van der Waals surface area contributed by atoms with E-state index in [2.05, 4.69) is 10.6 Å². The Kier molecular flexibility index (Phi) is 6.81. The third kappa shape index (κ3) is 5.99. The zero-order valence-electron chi connectivity index (χ0n) is 15.9. The Hall–Kier alpha value is -3.52. The van der Waals surface area contributed by atoms with Gasteiger partial charge in [-0.1, -0.05) is 41.9 Å². The van der Waals surface area contributed by atoms with Crippen molar-refractivity contribution in [3.05, 3.63) is 88.9 Å². The number of rotatable bonds is 6. The maximum atomic E-state index is 13.2. The number of hydrogen-bond donors (Lipinski definition) is 2. The van der Waals surface area contributed by atoms with Crippen LogP contribution in [0.25, 0.3) is 0 Å². The molecule has 0 spiro atoms. The van der Waals surface area contributed by atoms with Gasteiger partial charge in [-0.3, -0.25) is 9.59 Å². The molecule has 0 aromatic heterocycles. The van der Waals surface area contributed by atoms with E-state index >= 15 is 0 Å². The van der Waals surface area contributed by atoms with Crippen LogP contribution in [0.5, 0.6) is 5.75 Å². The third-order valence-corrected chi connectivity index (χ3v) is 4.32. The number of anilines is 2. The summed E-state index contributed by atoms with van der Waals surface area (Å²) in [5.41, 5.74) is -0.777. The lowest BCUT2D eigenvalue weighted by Crippen LogP contribution is -2.23. The van der Waals surface area contributed by atoms with E-state index in [1.54, 1.807) is 42.5 Å². The maximum Gasteiger partial charge on any atom is 0.418 e. The average Bonchev–Trinajstić information content (AvgIpc) is 2.73. The van der Waals surface area contributed by atoms with Gasteiger partial charge in [-0.05, 0) is 42.5 Å². The topological polar surface area (TPSA) is 67.4 Å². The Bertz CT molecular complexity index is 1090. The first-order chi connectivity index (χ1) is 14.7. The lowest BCUT2D eigenvalue weighted by Gasteiger charge is -2.15. The molecule has 2 N–H and O–H groups in total. The highest BCUT2D eigenvalue weighted by Crippen LogP contribution is 2.36. The summed E-state index contributed by atoms with van der Waals surface area (Å²) in [6.07, 6.45) is -4.70. The Morgan fingerprint density at radius 2 is 1.58 bits per heavy atom. The molecule has 0 aliphatic rings. The molecular formula is C22H16ClF3N2O3. The van der Waals surface area contributed by atoms with E-state index in [0.29, 0.717) is 5.69 Å². The number of amides is 2. The second kappa shape index (κ2) is 9.53. The van der Waals surface area contributed by atoms with Crippen LogP contribution >= 0.6 is 11.6 Å². The standard InChI is InChI=1S/C22H16ClF3N2O3/c23-14-10-11-18(17(12-14)22(24,25)26)28-20(29)13-31-19-9-5-4-8-16(19)21(30)27-15-6-2-1-3-7-15/h1-12H,13H2,(H,27,30)(H,28,29). The fraction of sp³-hybridized carbons (Fsp3) is 0.0909. The van der Waals surface area contributed by atoms with Crippen molar-refractivity contribution in [2.75, 3.05) is 17.2 Å². The van der Waals surface area contributed by atoms with Crippen LogP contribution in [-0.4, -0.2) is 18.4 Å². The molecule has 31 heavy (non-hydrogen) atoms. The molecule has 0 atom stereocenters. The van der Waals surface area contributed by atoms with E-state index in [-0.39, 0.29) is 16.3 Å². The second-order valence-corrected chi connectivity index (χ2v) is 6.78. The molecule has 5 nitrogen and oxygen atoms in total. The summed E-state index contributed by atoms with van der Waals surface area (Å²) < 4.78 is 44.9. The highest BCUT2D eigenvalue weighted by atomic mass is 35.5. The highest BCUT2D eigenvalue weighted by molar-refractivity contribution is 6.30. The lowest BCUT2D eigenvalue weighted by molar-refractivity contribution is -0.137. The Morgan fingerprint density at radius 1 is 0.903 bits per heavy atom. The number of ether oxygens (including phenoxy) is 1. The minimum absolute atomic E-state index is 0.109. The molecule has 9 heteroatoms. The normalized spacial score (nSPS) is 11.0. The molecule has 0 radical (unpaired) electrons. The molecule has 160 valence electrons. The number of benzene rings is 3. The van der Waals surface area contributed by atoms with Crippen molar-refractivity contribution in [2.45, 2.75) is 6.18 Å². The van der Waals surface area contributed by atoms with E-state index < -0.39 is 35.8 Å². The SMILES string of the molecule is O=C(COc1ccccc1C(=O)Nc1ccccc1)Nc1ccc(Cl)cc1C(F)(F)F. The lowest BCUT2D eigenvalue weighted by atomic mass is 10.1. The molecule has 3 aromatic rings. The minimum atomic E-state index is -4.70. The van der Waals surface area contributed by atoms with Crippen molar-refractivity contribution in [3.8, 4) is 5.75 Å². The van der Waals surface area contributed by atoms with Crippen molar-refractivity contribution in [1.82, 2.24) is 0 Å². The molecule has 2 amide bonds. The molecule has 0 saturated heterocycles. The number of carbonyl (C=O) groups is 2. The molecular weight excluding hydrogens is 433 g/mol. The van der Waals surface area contributed by atoms with Gasteiger partial charge in [-0.2, -0.15) is 13.2 Å². The summed E-state index contributed by atoms with van der Waals surface area (Å²) in [5, 5.41) is 4.75. The van der Waals surface area contributed by atoms with E-state index in [1.165, 1.54) is 18.2 Å². The van der Waals surface area contributed by atoms with Gasteiger partial charge < -0.3 is 15.4 Å². The van der Waals surface area contributed by atoms with Gasteiger partial charge in [-0.25, -0.2) is 0 Å². The van der Waals surface area contributed by atoms with E-state index in [0.717, 1.165) is 12.1 Å². The molecule has 0 aliphatic carbocycles. The maximum absolute atomic E-state index is 13.2. The van der Waals surface area contributed by atoms with Crippen LogP contribution < -0.4 is 15.4 Å². The van der Waals surface area contributed by atoms with Crippen LogP contribution in [0.2, 0.25) is 5.02 Å². The predicted molar refractivity (Wildman–Crippen MR) is 111 cm³/mol. The number of halogens is 4. The van der Waals surface area contributed by atoms with Gasteiger partial charge in [0, 0.05) is 10.7 Å². The Morgan fingerprint density at radius 3 is 2.29 bits per heavy atom. The van der Waals surface area contributed by atoms with Crippen molar-refractivity contribution in [2.24, 2.45) is 0 Å². The van der Waals surface area contributed by atoms with Crippen molar-refractivity contribution < 1.29 is 27.5 Å². The number of para-hydroxylation sites is 2. The average molecular weight is 449 g/mol. The van der Waals surface area contributed by atoms with Crippen molar-refractivity contribution in [1.29, 1.82) is 0 Å². The first-order valence-electron chi connectivity index (χ1n) is 8.99. The van der Waals surface area contributed by atoms with Gasteiger partial charge in [0.2, 0.25) is 0 Å². The smallest absolute Gasteiger partial charge is 0.418 e. The summed E-state index contributed by atoms with van der Waals surface area (Å²) in [4.78, 5) is 24.7. The summed E-state index contributed by atoms with van der Waals surface area (Å²) in [7, 11) is 0. The van der Waals surface area contributed by atoms with Gasteiger partial charge in [0.25, 0.3) is 11.8 Å². The van der Waals surface area contributed by atoms with Crippen LogP contribution in [0.15, 0.2) is 72.8 Å². The van der Waals surface area contributed by atoms with E-state index in [9.17, 15) is 22.8 Å². The van der Waals surface area contributed by atoms with Gasteiger partial charge in [0.05, 0.1) is 16.8 Å².